The molecular weight excluding hydrogens is 328 g/mol. The largest absolute Gasteiger partial charge is 0.328 e. The lowest BCUT2D eigenvalue weighted by atomic mass is 9.73. The van der Waals surface area contributed by atoms with E-state index in [1.807, 2.05) is 39.8 Å². The summed E-state index contributed by atoms with van der Waals surface area (Å²) in [6.07, 6.45) is 11.8. The highest BCUT2D eigenvalue weighted by molar-refractivity contribution is 5.79. The van der Waals surface area contributed by atoms with Crippen molar-refractivity contribution in [2.24, 2.45) is 11.5 Å². The third-order valence-corrected chi connectivity index (χ3v) is 5.23. The summed E-state index contributed by atoms with van der Waals surface area (Å²) in [4.78, 5) is 13.3. The Morgan fingerprint density at radius 2 is 2.00 bits per heavy atom. The fourth-order valence-corrected chi connectivity index (χ4v) is 3.75. The maximum absolute atomic E-state index is 6.37. The van der Waals surface area contributed by atoms with E-state index in [2.05, 4.69) is 33.2 Å². The maximum Gasteiger partial charge on any atom is 0.233 e. The normalized spacial score (nSPS) is 22.8. The molecule has 0 radical (unpaired) electrons. The van der Waals surface area contributed by atoms with Gasteiger partial charge in [-0.3, -0.25) is 4.40 Å². The fraction of sp³-hybridized carbons (Fsp3) is 0.333. The van der Waals surface area contributed by atoms with Crippen molar-refractivity contribution >= 4 is 11.3 Å². The van der Waals surface area contributed by atoms with Gasteiger partial charge in [0.15, 0.2) is 5.82 Å². The van der Waals surface area contributed by atoms with Gasteiger partial charge in [-0.05, 0) is 25.3 Å². The van der Waals surface area contributed by atoms with Crippen molar-refractivity contribution in [3.63, 3.8) is 0 Å². The molecule has 26 heavy (non-hydrogen) atoms. The highest BCUT2D eigenvalue weighted by Crippen LogP contribution is 2.36. The van der Waals surface area contributed by atoms with Crippen molar-refractivity contribution in [3.8, 4) is 11.1 Å². The summed E-state index contributed by atoms with van der Waals surface area (Å²) in [6.45, 7) is 2.11. The second-order valence-corrected chi connectivity index (χ2v) is 7.08. The molecule has 1 fully saturated rings. The third-order valence-electron chi connectivity index (χ3n) is 5.23. The highest BCUT2D eigenvalue weighted by atomic mass is 15.3. The maximum atomic E-state index is 6.37. The van der Waals surface area contributed by atoms with E-state index in [4.69, 9.17) is 11.5 Å². The average molecular weight is 348 g/mol. The van der Waals surface area contributed by atoms with Crippen molar-refractivity contribution in [1.29, 1.82) is 0 Å². The number of nitrogens with zero attached hydrogens (tertiary/aromatic N) is 6. The summed E-state index contributed by atoms with van der Waals surface area (Å²) in [5, 5.41) is 4.62. The Hall–Kier alpha value is -2.84. The van der Waals surface area contributed by atoms with Gasteiger partial charge in [0.1, 0.15) is 0 Å². The van der Waals surface area contributed by atoms with Crippen LogP contribution >= 0.6 is 0 Å². The van der Waals surface area contributed by atoms with Crippen LogP contribution in [0, 0.1) is 0 Å². The second kappa shape index (κ2) is 5.33. The molecule has 0 aliphatic heterocycles. The number of aromatic nitrogens is 6. The Kier molecular flexibility index (Phi) is 3.16. The Morgan fingerprint density at radius 3 is 2.77 bits per heavy atom. The molecule has 4 heterocycles. The Bertz CT molecular complexity index is 1120. The van der Waals surface area contributed by atoms with Gasteiger partial charge in [-0.2, -0.15) is 5.10 Å². The van der Waals surface area contributed by atoms with E-state index in [-0.39, 0.29) is 6.04 Å². The van der Waals surface area contributed by atoms with E-state index < -0.39 is 5.54 Å². The number of hydrogen-bond acceptors (Lipinski definition) is 6. The van der Waals surface area contributed by atoms with Crippen LogP contribution in [0.25, 0.3) is 22.4 Å². The summed E-state index contributed by atoms with van der Waals surface area (Å²) in [5.74, 6) is 1.35. The standard InChI is InChI=1S/C18H20N8/c1-2-13-8-23-17-22-7-11(10-25(13)17)14-3-4-26-15(14)9-21-16(24-26)18(20)5-12(19)6-18/h3-4,7-10,12H,2,5-6,19-20H2,1H3. The first kappa shape index (κ1) is 15.4. The molecular formula is C18H20N8. The quantitative estimate of drug-likeness (QED) is 0.577. The van der Waals surface area contributed by atoms with Gasteiger partial charge in [-0.25, -0.2) is 19.5 Å². The molecule has 1 aliphatic carbocycles. The molecule has 4 aromatic rings. The Balaban J connectivity index is 1.59. The lowest BCUT2D eigenvalue weighted by Gasteiger charge is -2.41. The SMILES string of the molecule is CCc1cnc2ncc(-c3ccn4nc(C5(N)CC(N)C5)ncc34)cn12. The predicted octanol–water partition coefficient (Wildman–Crippen LogP) is 1.28. The van der Waals surface area contributed by atoms with Crippen LogP contribution in [0.4, 0.5) is 0 Å². The van der Waals surface area contributed by atoms with E-state index in [0.29, 0.717) is 24.4 Å². The van der Waals surface area contributed by atoms with Gasteiger partial charge in [-0.15, -0.1) is 0 Å². The second-order valence-electron chi connectivity index (χ2n) is 7.08. The molecule has 0 aromatic carbocycles. The van der Waals surface area contributed by atoms with Gasteiger partial charge >= 0.3 is 0 Å². The van der Waals surface area contributed by atoms with Crippen LogP contribution < -0.4 is 11.5 Å². The van der Waals surface area contributed by atoms with Gasteiger partial charge in [0, 0.05) is 41.5 Å². The van der Waals surface area contributed by atoms with Gasteiger partial charge in [0.25, 0.3) is 0 Å². The number of rotatable bonds is 3. The molecule has 0 spiro atoms. The molecule has 0 amide bonds. The zero-order valence-electron chi connectivity index (χ0n) is 14.5. The topological polar surface area (TPSA) is 112 Å². The van der Waals surface area contributed by atoms with Crippen molar-refractivity contribution in [3.05, 3.63) is 48.6 Å². The molecule has 0 atom stereocenters. The molecule has 1 aliphatic rings. The minimum Gasteiger partial charge on any atom is -0.328 e. The predicted molar refractivity (Wildman–Crippen MR) is 97.4 cm³/mol. The summed E-state index contributed by atoms with van der Waals surface area (Å²) in [7, 11) is 0. The average Bonchev–Trinajstić information content (AvgIpc) is 3.23. The van der Waals surface area contributed by atoms with Crippen molar-refractivity contribution in [1.82, 2.24) is 29.0 Å². The van der Waals surface area contributed by atoms with Crippen LogP contribution in [0.1, 0.15) is 31.3 Å². The molecule has 4 aromatic heterocycles. The van der Waals surface area contributed by atoms with Crippen LogP contribution in [-0.2, 0) is 12.0 Å². The third kappa shape index (κ3) is 2.16. The van der Waals surface area contributed by atoms with Gasteiger partial charge in [0.05, 0.1) is 23.4 Å². The molecule has 8 nitrogen and oxygen atoms in total. The van der Waals surface area contributed by atoms with Gasteiger partial charge in [0.2, 0.25) is 5.78 Å². The molecule has 5 rings (SSSR count). The molecule has 4 N–H and O–H groups in total. The Morgan fingerprint density at radius 1 is 1.19 bits per heavy atom. The van der Waals surface area contributed by atoms with Crippen LogP contribution in [0.5, 0.6) is 0 Å². The van der Waals surface area contributed by atoms with Gasteiger partial charge < -0.3 is 11.5 Å². The number of hydrogen-bond donors (Lipinski definition) is 2. The van der Waals surface area contributed by atoms with E-state index >= 15 is 0 Å². The lowest BCUT2D eigenvalue weighted by molar-refractivity contribution is 0.196. The minimum absolute atomic E-state index is 0.139. The smallest absolute Gasteiger partial charge is 0.233 e. The molecule has 132 valence electrons. The zero-order valence-corrected chi connectivity index (χ0v) is 14.5. The summed E-state index contributed by atoms with van der Waals surface area (Å²) >= 11 is 0. The van der Waals surface area contributed by atoms with Crippen LogP contribution in [-0.4, -0.2) is 35.0 Å². The summed E-state index contributed by atoms with van der Waals surface area (Å²) < 4.78 is 3.85. The first-order chi connectivity index (χ1) is 12.6. The van der Waals surface area contributed by atoms with Crippen molar-refractivity contribution in [2.45, 2.75) is 37.8 Å². The van der Waals surface area contributed by atoms with E-state index in [1.165, 1.54) is 0 Å². The van der Waals surface area contributed by atoms with Crippen LogP contribution in [0.3, 0.4) is 0 Å². The first-order valence-corrected chi connectivity index (χ1v) is 8.79. The number of imidazole rings is 1. The van der Waals surface area contributed by atoms with Crippen LogP contribution in [0.2, 0.25) is 0 Å². The number of fused-ring (bicyclic) bond motifs is 2. The Labute approximate surface area is 149 Å². The highest BCUT2D eigenvalue weighted by Gasteiger charge is 2.43. The fourth-order valence-electron chi connectivity index (χ4n) is 3.75. The molecule has 0 bridgehead atoms. The van der Waals surface area contributed by atoms with Gasteiger partial charge in [-0.1, -0.05) is 6.92 Å². The zero-order chi connectivity index (χ0) is 17.9. The monoisotopic (exact) mass is 348 g/mol. The minimum atomic E-state index is -0.509. The van der Waals surface area contributed by atoms with E-state index in [9.17, 15) is 0 Å². The van der Waals surface area contributed by atoms with E-state index in [0.717, 1.165) is 28.8 Å². The number of aryl methyl sites for hydroxylation is 1. The van der Waals surface area contributed by atoms with Crippen molar-refractivity contribution in [2.75, 3.05) is 0 Å². The summed E-state index contributed by atoms with van der Waals surface area (Å²) in [6, 6.07) is 2.16. The number of nitrogens with two attached hydrogens (primary N) is 2. The molecule has 0 saturated heterocycles. The van der Waals surface area contributed by atoms with Crippen molar-refractivity contribution < 1.29 is 0 Å². The molecule has 0 unspecified atom stereocenters. The molecule has 1 saturated carbocycles. The summed E-state index contributed by atoms with van der Waals surface area (Å²) in [5.41, 5.74) is 15.8. The first-order valence-electron chi connectivity index (χ1n) is 8.79. The van der Waals surface area contributed by atoms with E-state index in [1.54, 1.807) is 0 Å². The van der Waals surface area contributed by atoms with Crippen LogP contribution in [0.15, 0.2) is 37.1 Å². The molecule has 8 heteroatoms. The lowest BCUT2D eigenvalue weighted by Crippen LogP contribution is -2.56.